The predicted molar refractivity (Wildman–Crippen MR) is 126 cm³/mol. The molecule has 4 rings (SSSR count). The van der Waals surface area contributed by atoms with E-state index < -0.39 is 18.0 Å². The van der Waals surface area contributed by atoms with Gasteiger partial charge in [0.2, 0.25) is 0 Å². The van der Waals surface area contributed by atoms with E-state index in [-0.39, 0.29) is 11.0 Å². The molecule has 1 N–H and O–H groups in total. The molecule has 0 radical (unpaired) electrons. The summed E-state index contributed by atoms with van der Waals surface area (Å²) >= 11 is 1.47. The summed E-state index contributed by atoms with van der Waals surface area (Å²) in [6.45, 7) is 8.50. The molecule has 1 aromatic carbocycles. The fourth-order valence-corrected chi connectivity index (χ4v) is 5.51. The Hall–Kier alpha value is -3.18. The van der Waals surface area contributed by atoms with Crippen LogP contribution in [-0.2, 0) is 22.4 Å². The molecular weight excluding hydrogens is 438 g/mol. The van der Waals surface area contributed by atoms with Crippen molar-refractivity contribution in [2.24, 2.45) is 11.3 Å². The third kappa shape index (κ3) is 4.64. The average Bonchev–Trinajstić information content (AvgIpc) is 3.39. The molecule has 1 aliphatic carbocycles. The standard InChI is InChI=1S/C25H27N3O4S/c1-5-19(32-24(30)14-6-9-18-20(10-14)31-13-27-18)22(29)28-23-17(12-26)16-8-7-15(25(2,3)4)11-21(16)33-23/h6,9-10,13,15,19H,5,7-8,11H2,1-4H3,(H,28,29). The van der Waals surface area contributed by atoms with Crippen molar-refractivity contribution >= 4 is 39.3 Å². The topological polar surface area (TPSA) is 105 Å². The highest BCUT2D eigenvalue weighted by Crippen LogP contribution is 2.44. The Morgan fingerprint density at radius 3 is 2.88 bits per heavy atom. The van der Waals surface area contributed by atoms with Gasteiger partial charge in [0.25, 0.3) is 5.91 Å². The van der Waals surface area contributed by atoms with Crippen molar-refractivity contribution in [3.63, 3.8) is 0 Å². The van der Waals surface area contributed by atoms with Crippen molar-refractivity contribution in [2.75, 3.05) is 5.32 Å². The third-order valence-electron chi connectivity index (χ3n) is 6.32. The Morgan fingerprint density at radius 2 is 2.18 bits per heavy atom. The summed E-state index contributed by atoms with van der Waals surface area (Å²) in [5.74, 6) is -0.520. The highest BCUT2D eigenvalue weighted by molar-refractivity contribution is 7.16. The van der Waals surface area contributed by atoms with Gasteiger partial charge in [-0.15, -0.1) is 11.3 Å². The number of hydrogen-bond donors (Lipinski definition) is 1. The molecule has 1 amide bonds. The van der Waals surface area contributed by atoms with Crippen LogP contribution in [0.25, 0.3) is 11.1 Å². The van der Waals surface area contributed by atoms with Crippen LogP contribution in [0.5, 0.6) is 0 Å². The lowest BCUT2D eigenvalue weighted by atomic mass is 9.72. The number of amides is 1. The quantitative estimate of drug-likeness (QED) is 0.500. The van der Waals surface area contributed by atoms with Crippen LogP contribution in [0.2, 0.25) is 0 Å². The van der Waals surface area contributed by atoms with E-state index in [1.165, 1.54) is 22.6 Å². The number of anilines is 1. The van der Waals surface area contributed by atoms with E-state index in [1.54, 1.807) is 25.1 Å². The third-order valence-corrected chi connectivity index (χ3v) is 7.49. The lowest BCUT2D eigenvalue weighted by Crippen LogP contribution is -2.32. The second-order valence-corrected chi connectivity index (χ2v) is 10.6. The number of thiophene rings is 1. The van der Waals surface area contributed by atoms with Crippen LogP contribution in [0, 0.1) is 22.7 Å². The van der Waals surface area contributed by atoms with E-state index in [0.717, 1.165) is 24.8 Å². The van der Waals surface area contributed by atoms with Gasteiger partial charge in [0.15, 0.2) is 18.1 Å². The lowest BCUT2D eigenvalue weighted by Gasteiger charge is -2.33. The highest BCUT2D eigenvalue weighted by atomic mass is 32.1. The van der Waals surface area contributed by atoms with Crippen LogP contribution < -0.4 is 5.32 Å². The number of esters is 1. The van der Waals surface area contributed by atoms with Gasteiger partial charge in [-0.2, -0.15) is 5.26 Å². The van der Waals surface area contributed by atoms with Gasteiger partial charge < -0.3 is 14.5 Å². The molecule has 0 saturated heterocycles. The summed E-state index contributed by atoms with van der Waals surface area (Å²) in [6, 6.07) is 7.07. The van der Waals surface area contributed by atoms with Crippen LogP contribution in [0.1, 0.15) is 66.9 Å². The molecule has 0 bridgehead atoms. The minimum atomic E-state index is -0.976. The number of aromatic nitrogens is 1. The Labute approximate surface area is 196 Å². The number of rotatable bonds is 5. The monoisotopic (exact) mass is 465 g/mol. The summed E-state index contributed by atoms with van der Waals surface area (Å²) in [5.41, 5.74) is 3.15. The second kappa shape index (κ2) is 8.99. The normalized spacial score (nSPS) is 16.6. The Kier molecular flexibility index (Phi) is 6.26. The first kappa shape index (κ1) is 23.0. The summed E-state index contributed by atoms with van der Waals surface area (Å²) in [4.78, 5) is 30.8. The molecule has 0 spiro atoms. The van der Waals surface area contributed by atoms with E-state index >= 15 is 0 Å². The molecule has 33 heavy (non-hydrogen) atoms. The number of hydrogen-bond acceptors (Lipinski definition) is 7. The maximum absolute atomic E-state index is 13.0. The number of nitrogens with one attached hydrogen (secondary N) is 1. The molecule has 2 atom stereocenters. The Balaban J connectivity index is 1.49. The Bertz CT molecular complexity index is 1240. The first-order valence-corrected chi connectivity index (χ1v) is 11.9. The minimum Gasteiger partial charge on any atom is -0.449 e. The summed E-state index contributed by atoms with van der Waals surface area (Å²) < 4.78 is 10.7. The molecule has 0 saturated carbocycles. The van der Waals surface area contributed by atoms with E-state index in [4.69, 9.17) is 9.15 Å². The van der Waals surface area contributed by atoms with Crippen LogP contribution in [0.15, 0.2) is 29.0 Å². The molecule has 2 heterocycles. The van der Waals surface area contributed by atoms with Gasteiger partial charge in [-0.05, 0) is 60.8 Å². The minimum absolute atomic E-state index is 0.189. The number of carbonyl (C=O) groups excluding carboxylic acids is 2. The van der Waals surface area contributed by atoms with Crippen molar-refractivity contribution in [2.45, 2.75) is 59.5 Å². The van der Waals surface area contributed by atoms with Gasteiger partial charge in [-0.3, -0.25) is 4.79 Å². The number of oxazole rings is 1. The van der Waals surface area contributed by atoms with Crippen LogP contribution in [0.4, 0.5) is 5.00 Å². The molecule has 1 aliphatic rings. The number of ether oxygens (including phenoxy) is 1. The number of nitrogens with zero attached hydrogens (tertiary/aromatic N) is 2. The van der Waals surface area contributed by atoms with Gasteiger partial charge in [0.1, 0.15) is 16.6 Å². The predicted octanol–water partition coefficient (Wildman–Crippen LogP) is 5.49. The number of nitriles is 1. The zero-order valence-electron chi connectivity index (χ0n) is 19.2. The Morgan fingerprint density at radius 1 is 1.39 bits per heavy atom. The lowest BCUT2D eigenvalue weighted by molar-refractivity contribution is -0.124. The molecule has 7 nitrogen and oxygen atoms in total. The van der Waals surface area contributed by atoms with Crippen molar-refractivity contribution < 1.29 is 18.7 Å². The largest absolute Gasteiger partial charge is 0.449 e. The van der Waals surface area contributed by atoms with Crippen molar-refractivity contribution in [3.8, 4) is 6.07 Å². The van der Waals surface area contributed by atoms with Crippen molar-refractivity contribution in [1.82, 2.24) is 4.98 Å². The van der Waals surface area contributed by atoms with Crippen molar-refractivity contribution in [1.29, 1.82) is 5.26 Å². The van der Waals surface area contributed by atoms with Gasteiger partial charge in [-0.1, -0.05) is 27.7 Å². The molecule has 172 valence electrons. The van der Waals surface area contributed by atoms with Crippen molar-refractivity contribution in [3.05, 3.63) is 46.2 Å². The van der Waals surface area contributed by atoms with E-state index in [1.807, 2.05) is 0 Å². The summed E-state index contributed by atoms with van der Waals surface area (Å²) in [5, 5.41) is 13.2. The van der Waals surface area contributed by atoms with Gasteiger partial charge in [-0.25, -0.2) is 9.78 Å². The van der Waals surface area contributed by atoms with Gasteiger partial charge in [0, 0.05) is 4.88 Å². The zero-order chi connectivity index (χ0) is 23.8. The molecule has 8 heteroatoms. The fraction of sp³-hybridized carbons (Fsp3) is 0.440. The van der Waals surface area contributed by atoms with Crippen LogP contribution >= 0.6 is 11.3 Å². The molecular formula is C25H27N3O4S. The first-order chi connectivity index (χ1) is 15.7. The molecule has 2 unspecified atom stereocenters. The molecule has 3 aromatic rings. The summed E-state index contributed by atoms with van der Waals surface area (Å²) in [7, 11) is 0. The zero-order valence-corrected chi connectivity index (χ0v) is 20.0. The van der Waals surface area contributed by atoms with E-state index in [0.29, 0.717) is 34.0 Å². The number of benzene rings is 1. The second-order valence-electron chi connectivity index (χ2n) is 9.45. The number of carbonyl (C=O) groups is 2. The average molecular weight is 466 g/mol. The smallest absolute Gasteiger partial charge is 0.339 e. The molecule has 2 aromatic heterocycles. The van der Waals surface area contributed by atoms with Gasteiger partial charge >= 0.3 is 5.97 Å². The first-order valence-electron chi connectivity index (χ1n) is 11.1. The maximum atomic E-state index is 13.0. The SMILES string of the molecule is CCC(OC(=O)c1ccc2ncoc2c1)C(=O)Nc1sc2c(c1C#N)CCC(C(C)(C)C)C2. The van der Waals surface area contributed by atoms with Crippen LogP contribution in [0.3, 0.4) is 0 Å². The van der Waals surface area contributed by atoms with E-state index in [9.17, 15) is 14.9 Å². The molecule has 0 fully saturated rings. The van der Waals surface area contributed by atoms with Gasteiger partial charge in [0.05, 0.1) is 11.1 Å². The summed E-state index contributed by atoms with van der Waals surface area (Å²) in [6.07, 6.45) is 3.41. The molecule has 0 aliphatic heterocycles. The fourth-order valence-electron chi connectivity index (χ4n) is 4.23. The highest BCUT2D eigenvalue weighted by Gasteiger charge is 2.33. The maximum Gasteiger partial charge on any atom is 0.339 e. The van der Waals surface area contributed by atoms with E-state index in [2.05, 4.69) is 37.1 Å². The number of fused-ring (bicyclic) bond motifs is 2. The van der Waals surface area contributed by atoms with Crippen LogP contribution in [-0.4, -0.2) is 23.0 Å².